The Labute approximate surface area is 71.4 Å². The predicted octanol–water partition coefficient (Wildman–Crippen LogP) is 3.31. The maximum atomic E-state index is 2.94. The molecule has 56 valence electrons. The first-order valence-corrected chi connectivity index (χ1v) is 4.79. The summed E-state index contributed by atoms with van der Waals surface area (Å²) in [4.78, 5) is 0. The number of alkyl halides is 1. The number of benzene rings is 1. The molecule has 0 bridgehead atoms. The van der Waals surface area contributed by atoms with Crippen LogP contribution in [0.25, 0.3) is 0 Å². The van der Waals surface area contributed by atoms with Crippen LogP contribution in [-0.2, 0) is 0 Å². The number of hydrogen-bond acceptors (Lipinski definition) is 0. The van der Waals surface area contributed by atoms with E-state index in [2.05, 4.69) is 54.0 Å². The molecular formula is C9H13Br. The van der Waals surface area contributed by atoms with E-state index in [1.807, 2.05) is 5.83 Å². The fraction of sp³-hybridized carbons (Fsp3) is 0.333. The Kier molecular flexibility index (Phi) is 5.32. The molecule has 1 heteroatoms. The molecule has 0 N–H and O–H groups in total. The molecule has 0 saturated heterocycles. The van der Waals surface area contributed by atoms with Gasteiger partial charge in [0.1, 0.15) is 0 Å². The maximum Gasteiger partial charge on any atom is -0.00848 e. The summed E-state index contributed by atoms with van der Waals surface area (Å²) in [6, 6.07) is 8.48. The molecule has 0 radical (unpaired) electrons. The van der Waals surface area contributed by atoms with Crippen LogP contribution in [0.4, 0.5) is 0 Å². The monoisotopic (exact) mass is 200 g/mol. The Bertz CT molecular complexity index is 144. The summed E-state index contributed by atoms with van der Waals surface area (Å²) in [5.41, 5.74) is 2.66. The van der Waals surface area contributed by atoms with E-state index >= 15 is 0 Å². The lowest BCUT2D eigenvalue weighted by Crippen LogP contribution is -1.70. The number of halogens is 1. The van der Waals surface area contributed by atoms with E-state index in [0.29, 0.717) is 0 Å². The van der Waals surface area contributed by atoms with Crippen LogP contribution in [0.1, 0.15) is 11.1 Å². The lowest BCUT2D eigenvalue weighted by molar-refractivity contribution is 1.40. The summed E-state index contributed by atoms with van der Waals surface area (Å²) in [6.45, 7) is 4.19. The Morgan fingerprint density at radius 1 is 0.800 bits per heavy atom. The summed E-state index contributed by atoms with van der Waals surface area (Å²) in [5.74, 6) is 1.81. The average molecular weight is 201 g/mol. The SMILES string of the molecule is CBr.Cc1ccc(C)cc1. The first kappa shape index (κ1) is 9.70. The highest BCUT2D eigenvalue weighted by atomic mass is 79.9. The van der Waals surface area contributed by atoms with Gasteiger partial charge in [0.05, 0.1) is 0 Å². The van der Waals surface area contributed by atoms with Gasteiger partial charge in [0.2, 0.25) is 0 Å². The molecular weight excluding hydrogens is 188 g/mol. The Hall–Kier alpha value is -0.300. The van der Waals surface area contributed by atoms with Crippen LogP contribution in [0.5, 0.6) is 0 Å². The number of hydrogen-bond donors (Lipinski definition) is 0. The van der Waals surface area contributed by atoms with Crippen LogP contribution in [0.2, 0.25) is 0 Å². The van der Waals surface area contributed by atoms with Crippen molar-refractivity contribution in [2.24, 2.45) is 0 Å². The van der Waals surface area contributed by atoms with Gasteiger partial charge < -0.3 is 0 Å². The molecule has 0 spiro atoms. The zero-order chi connectivity index (χ0) is 7.98. The van der Waals surface area contributed by atoms with Gasteiger partial charge in [0.15, 0.2) is 0 Å². The van der Waals surface area contributed by atoms with Gasteiger partial charge in [-0.05, 0) is 19.7 Å². The molecule has 0 aliphatic carbocycles. The molecule has 0 aromatic heterocycles. The van der Waals surface area contributed by atoms with Gasteiger partial charge in [-0.1, -0.05) is 51.3 Å². The van der Waals surface area contributed by atoms with Crippen molar-refractivity contribution in [3.05, 3.63) is 35.4 Å². The number of aryl methyl sites for hydroxylation is 2. The fourth-order valence-electron chi connectivity index (χ4n) is 0.637. The van der Waals surface area contributed by atoms with Gasteiger partial charge in [0, 0.05) is 0 Å². The molecule has 0 amide bonds. The lowest BCUT2D eigenvalue weighted by atomic mass is 10.2. The summed E-state index contributed by atoms with van der Waals surface area (Å²) in [6.07, 6.45) is 0. The van der Waals surface area contributed by atoms with Crippen molar-refractivity contribution in [3.63, 3.8) is 0 Å². The van der Waals surface area contributed by atoms with E-state index in [1.165, 1.54) is 11.1 Å². The molecule has 0 unspecified atom stereocenters. The minimum Gasteiger partial charge on any atom is -0.0966 e. The topological polar surface area (TPSA) is 0 Å². The molecule has 0 saturated carbocycles. The second-order valence-electron chi connectivity index (χ2n) is 2.15. The molecule has 10 heavy (non-hydrogen) atoms. The van der Waals surface area contributed by atoms with Crippen molar-refractivity contribution < 1.29 is 0 Å². The Balaban J connectivity index is 0.000000371. The highest BCUT2D eigenvalue weighted by molar-refractivity contribution is 9.08. The van der Waals surface area contributed by atoms with Gasteiger partial charge in [-0.2, -0.15) is 0 Å². The predicted molar refractivity (Wildman–Crippen MR) is 50.8 cm³/mol. The summed E-state index contributed by atoms with van der Waals surface area (Å²) >= 11 is 2.94. The van der Waals surface area contributed by atoms with Crippen molar-refractivity contribution >= 4 is 15.9 Å². The van der Waals surface area contributed by atoms with Crippen molar-refractivity contribution in [3.8, 4) is 0 Å². The Morgan fingerprint density at radius 3 is 1.20 bits per heavy atom. The maximum absolute atomic E-state index is 2.94. The third-order valence-electron chi connectivity index (χ3n) is 1.22. The lowest BCUT2D eigenvalue weighted by Gasteiger charge is -1.90. The van der Waals surface area contributed by atoms with E-state index in [9.17, 15) is 0 Å². The van der Waals surface area contributed by atoms with E-state index < -0.39 is 0 Å². The van der Waals surface area contributed by atoms with E-state index in [-0.39, 0.29) is 0 Å². The van der Waals surface area contributed by atoms with Gasteiger partial charge in [-0.15, -0.1) is 0 Å². The van der Waals surface area contributed by atoms with Gasteiger partial charge in [-0.25, -0.2) is 0 Å². The molecule has 1 aromatic rings. The van der Waals surface area contributed by atoms with Crippen LogP contribution in [-0.4, -0.2) is 5.83 Å². The van der Waals surface area contributed by atoms with Gasteiger partial charge in [0.25, 0.3) is 0 Å². The van der Waals surface area contributed by atoms with Crippen LogP contribution >= 0.6 is 15.9 Å². The zero-order valence-corrected chi connectivity index (χ0v) is 8.27. The highest BCUT2D eigenvalue weighted by Gasteiger charge is 1.79. The smallest absolute Gasteiger partial charge is 0.00848 e. The first-order valence-electron chi connectivity index (χ1n) is 3.20. The van der Waals surface area contributed by atoms with Crippen molar-refractivity contribution in [2.75, 3.05) is 5.83 Å². The summed E-state index contributed by atoms with van der Waals surface area (Å²) < 4.78 is 0. The van der Waals surface area contributed by atoms with Crippen molar-refractivity contribution in [1.29, 1.82) is 0 Å². The van der Waals surface area contributed by atoms with Crippen molar-refractivity contribution in [2.45, 2.75) is 13.8 Å². The van der Waals surface area contributed by atoms with Gasteiger partial charge in [-0.3, -0.25) is 0 Å². The van der Waals surface area contributed by atoms with E-state index in [4.69, 9.17) is 0 Å². The standard InChI is InChI=1S/C8H10.CH3Br/c1-7-3-5-8(2)6-4-7;1-2/h3-6H,1-2H3;1H3. The summed E-state index contributed by atoms with van der Waals surface area (Å²) in [7, 11) is 0. The zero-order valence-electron chi connectivity index (χ0n) is 6.69. The highest BCUT2D eigenvalue weighted by Crippen LogP contribution is 1.99. The third-order valence-corrected chi connectivity index (χ3v) is 1.22. The van der Waals surface area contributed by atoms with Gasteiger partial charge >= 0.3 is 0 Å². The molecule has 0 nitrogen and oxygen atoms in total. The average Bonchev–Trinajstić information content (AvgIpc) is 2.00. The third kappa shape index (κ3) is 3.67. The minimum absolute atomic E-state index is 1.33. The second kappa shape index (κ2) is 5.48. The van der Waals surface area contributed by atoms with Crippen LogP contribution in [0.15, 0.2) is 24.3 Å². The second-order valence-corrected chi connectivity index (χ2v) is 2.15. The Morgan fingerprint density at radius 2 is 1.00 bits per heavy atom. The molecule has 0 heterocycles. The first-order chi connectivity index (χ1) is 4.79. The van der Waals surface area contributed by atoms with E-state index in [1.54, 1.807) is 0 Å². The van der Waals surface area contributed by atoms with Crippen LogP contribution in [0.3, 0.4) is 0 Å². The molecule has 1 rings (SSSR count). The number of rotatable bonds is 0. The van der Waals surface area contributed by atoms with Crippen LogP contribution < -0.4 is 0 Å². The molecule has 0 atom stereocenters. The van der Waals surface area contributed by atoms with Crippen molar-refractivity contribution in [1.82, 2.24) is 0 Å². The van der Waals surface area contributed by atoms with Crippen LogP contribution in [0, 0.1) is 13.8 Å². The largest absolute Gasteiger partial charge is 0.0966 e. The molecule has 0 aliphatic heterocycles. The fourth-order valence-corrected chi connectivity index (χ4v) is 0.637. The molecule has 0 fully saturated rings. The van der Waals surface area contributed by atoms with E-state index in [0.717, 1.165) is 0 Å². The minimum atomic E-state index is 1.33. The molecule has 1 aromatic carbocycles. The molecule has 0 aliphatic rings. The normalized spacial score (nSPS) is 8.00. The summed E-state index contributed by atoms with van der Waals surface area (Å²) in [5, 5.41) is 0. The quantitative estimate of drug-likeness (QED) is 0.565.